The Labute approximate surface area is 118 Å². The summed E-state index contributed by atoms with van der Waals surface area (Å²) in [6.45, 7) is 2.80. The standard InChI is InChI=1S/C14H23NO3S/c1-11(7-8-19(4)16)15-10-12-9-13(17-2)5-6-14(12)18-3/h5-6,9,11,15H,7-8,10H2,1-4H3. The second-order valence-electron chi connectivity index (χ2n) is 4.53. The first-order chi connectivity index (χ1) is 9.06. The Balaban J connectivity index is 2.57. The van der Waals surface area contributed by atoms with E-state index in [-0.39, 0.29) is 0 Å². The molecule has 2 unspecified atom stereocenters. The van der Waals surface area contributed by atoms with E-state index in [1.165, 1.54) is 0 Å². The Bertz CT molecular complexity index is 423. The van der Waals surface area contributed by atoms with Gasteiger partial charge in [-0.2, -0.15) is 0 Å². The monoisotopic (exact) mass is 285 g/mol. The maximum Gasteiger partial charge on any atom is 0.123 e. The topological polar surface area (TPSA) is 47.6 Å². The third-order valence-electron chi connectivity index (χ3n) is 2.97. The average molecular weight is 285 g/mol. The molecule has 0 aromatic heterocycles. The maximum absolute atomic E-state index is 11.1. The zero-order valence-corrected chi connectivity index (χ0v) is 12.9. The van der Waals surface area contributed by atoms with Crippen LogP contribution in [-0.4, -0.2) is 36.5 Å². The van der Waals surface area contributed by atoms with Crippen LogP contribution in [0.1, 0.15) is 18.9 Å². The Kier molecular flexibility index (Phi) is 6.87. The van der Waals surface area contributed by atoms with E-state index < -0.39 is 10.8 Å². The summed E-state index contributed by atoms with van der Waals surface area (Å²) in [5, 5.41) is 3.41. The van der Waals surface area contributed by atoms with Crippen LogP contribution in [0.15, 0.2) is 18.2 Å². The van der Waals surface area contributed by atoms with Gasteiger partial charge in [-0.15, -0.1) is 0 Å². The minimum absolute atomic E-state index is 0.319. The molecule has 0 amide bonds. The number of methoxy groups -OCH3 is 2. The molecule has 0 aliphatic heterocycles. The third kappa shape index (κ3) is 5.61. The first kappa shape index (κ1) is 16.0. The van der Waals surface area contributed by atoms with E-state index in [4.69, 9.17) is 9.47 Å². The molecule has 0 spiro atoms. The summed E-state index contributed by atoms with van der Waals surface area (Å²) in [5.41, 5.74) is 1.06. The van der Waals surface area contributed by atoms with Crippen molar-refractivity contribution in [2.75, 3.05) is 26.2 Å². The van der Waals surface area contributed by atoms with Gasteiger partial charge in [-0.05, 0) is 31.5 Å². The zero-order chi connectivity index (χ0) is 14.3. The summed E-state index contributed by atoms with van der Waals surface area (Å²) < 4.78 is 21.6. The number of benzene rings is 1. The molecule has 0 saturated carbocycles. The molecule has 2 atom stereocenters. The minimum atomic E-state index is -0.730. The van der Waals surface area contributed by atoms with Crippen molar-refractivity contribution in [3.05, 3.63) is 23.8 Å². The van der Waals surface area contributed by atoms with Gasteiger partial charge < -0.3 is 14.8 Å². The molecule has 0 saturated heterocycles. The molecule has 0 aliphatic carbocycles. The Morgan fingerprint density at radius 2 is 2.05 bits per heavy atom. The number of ether oxygens (including phenoxy) is 2. The van der Waals surface area contributed by atoms with Gasteiger partial charge >= 0.3 is 0 Å². The molecule has 1 N–H and O–H groups in total. The van der Waals surface area contributed by atoms with Crippen LogP contribution in [0.5, 0.6) is 11.5 Å². The predicted octanol–water partition coefficient (Wildman–Crippen LogP) is 1.95. The summed E-state index contributed by atoms with van der Waals surface area (Å²) in [7, 11) is 2.58. The van der Waals surface area contributed by atoms with Gasteiger partial charge in [0.2, 0.25) is 0 Å². The van der Waals surface area contributed by atoms with Gasteiger partial charge in [-0.3, -0.25) is 4.21 Å². The van der Waals surface area contributed by atoms with E-state index in [1.807, 2.05) is 18.2 Å². The van der Waals surface area contributed by atoms with Crippen molar-refractivity contribution in [1.29, 1.82) is 0 Å². The number of rotatable bonds is 8. The van der Waals surface area contributed by atoms with E-state index in [0.29, 0.717) is 12.6 Å². The van der Waals surface area contributed by atoms with Gasteiger partial charge in [-0.1, -0.05) is 0 Å². The van der Waals surface area contributed by atoms with Gasteiger partial charge in [0.05, 0.1) is 14.2 Å². The lowest BCUT2D eigenvalue weighted by Crippen LogP contribution is -2.27. The van der Waals surface area contributed by atoms with Crippen LogP contribution in [0.3, 0.4) is 0 Å². The van der Waals surface area contributed by atoms with Gasteiger partial charge in [0.25, 0.3) is 0 Å². The highest BCUT2D eigenvalue weighted by molar-refractivity contribution is 7.84. The highest BCUT2D eigenvalue weighted by Crippen LogP contribution is 2.23. The van der Waals surface area contributed by atoms with Crippen molar-refractivity contribution in [3.8, 4) is 11.5 Å². The van der Waals surface area contributed by atoms with Crippen LogP contribution in [0.25, 0.3) is 0 Å². The molecule has 5 heteroatoms. The lowest BCUT2D eigenvalue weighted by atomic mass is 10.1. The third-order valence-corrected chi connectivity index (χ3v) is 3.78. The fourth-order valence-electron chi connectivity index (χ4n) is 1.75. The van der Waals surface area contributed by atoms with Crippen LogP contribution in [-0.2, 0) is 17.3 Å². The quantitative estimate of drug-likeness (QED) is 0.793. The SMILES string of the molecule is COc1ccc(OC)c(CNC(C)CCS(C)=O)c1. The molecule has 4 nitrogen and oxygen atoms in total. The zero-order valence-electron chi connectivity index (χ0n) is 12.1. The molecule has 19 heavy (non-hydrogen) atoms. The molecule has 0 bridgehead atoms. The molecule has 108 valence electrons. The summed E-state index contributed by atoms with van der Waals surface area (Å²) >= 11 is 0. The molecular weight excluding hydrogens is 262 g/mol. The van der Waals surface area contributed by atoms with Crippen molar-refractivity contribution in [3.63, 3.8) is 0 Å². The van der Waals surface area contributed by atoms with E-state index in [2.05, 4.69) is 12.2 Å². The van der Waals surface area contributed by atoms with Crippen LogP contribution in [0.4, 0.5) is 0 Å². The predicted molar refractivity (Wildman–Crippen MR) is 79.4 cm³/mol. The van der Waals surface area contributed by atoms with Crippen molar-refractivity contribution in [1.82, 2.24) is 5.32 Å². The van der Waals surface area contributed by atoms with Crippen molar-refractivity contribution in [2.24, 2.45) is 0 Å². The first-order valence-electron chi connectivity index (χ1n) is 6.31. The fourth-order valence-corrected chi connectivity index (χ4v) is 2.43. The minimum Gasteiger partial charge on any atom is -0.497 e. The van der Waals surface area contributed by atoms with E-state index in [9.17, 15) is 4.21 Å². The molecule has 0 fully saturated rings. The van der Waals surface area contributed by atoms with Crippen LogP contribution in [0.2, 0.25) is 0 Å². The van der Waals surface area contributed by atoms with E-state index in [1.54, 1.807) is 20.5 Å². The molecular formula is C14H23NO3S. The van der Waals surface area contributed by atoms with Crippen LogP contribution >= 0.6 is 0 Å². The lowest BCUT2D eigenvalue weighted by molar-refractivity contribution is 0.395. The summed E-state index contributed by atoms with van der Waals surface area (Å²) in [4.78, 5) is 0. The largest absolute Gasteiger partial charge is 0.497 e. The highest BCUT2D eigenvalue weighted by Gasteiger charge is 2.07. The second-order valence-corrected chi connectivity index (χ2v) is 6.08. The van der Waals surface area contributed by atoms with Gasteiger partial charge in [0, 0.05) is 41.0 Å². The normalized spacial score (nSPS) is 13.9. The van der Waals surface area contributed by atoms with Crippen molar-refractivity contribution < 1.29 is 13.7 Å². The molecule has 0 aliphatic rings. The molecule has 0 radical (unpaired) electrons. The van der Waals surface area contributed by atoms with Gasteiger partial charge in [0.15, 0.2) is 0 Å². The molecule has 1 aromatic carbocycles. The number of hydrogen-bond donors (Lipinski definition) is 1. The first-order valence-corrected chi connectivity index (χ1v) is 8.03. The lowest BCUT2D eigenvalue weighted by Gasteiger charge is -2.15. The van der Waals surface area contributed by atoms with E-state index in [0.717, 1.165) is 29.2 Å². The highest BCUT2D eigenvalue weighted by atomic mass is 32.2. The fraction of sp³-hybridized carbons (Fsp3) is 0.571. The van der Waals surface area contributed by atoms with Crippen molar-refractivity contribution >= 4 is 10.8 Å². The van der Waals surface area contributed by atoms with E-state index >= 15 is 0 Å². The van der Waals surface area contributed by atoms with Crippen LogP contribution < -0.4 is 14.8 Å². The Hall–Kier alpha value is -1.07. The molecule has 1 rings (SSSR count). The Morgan fingerprint density at radius 3 is 2.63 bits per heavy atom. The summed E-state index contributed by atoms with van der Waals surface area (Å²) in [6, 6.07) is 6.07. The van der Waals surface area contributed by atoms with Gasteiger partial charge in [0.1, 0.15) is 11.5 Å². The Morgan fingerprint density at radius 1 is 1.32 bits per heavy atom. The summed E-state index contributed by atoms with van der Waals surface area (Å²) in [6.07, 6.45) is 2.63. The number of hydrogen-bond acceptors (Lipinski definition) is 4. The van der Waals surface area contributed by atoms with Crippen LogP contribution in [0, 0.1) is 0 Å². The van der Waals surface area contributed by atoms with Gasteiger partial charge in [-0.25, -0.2) is 0 Å². The summed E-state index contributed by atoms with van der Waals surface area (Å²) in [5.74, 6) is 2.39. The van der Waals surface area contributed by atoms with Crippen molar-refractivity contribution in [2.45, 2.75) is 25.9 Å². The number of nitrogens with one attached hydrogen (secondary N) is 1. The maximum atomic E-state index is 11.1. The second kappa shape index (κ2) is 8.17. The smallest absolute Gasteiger partial charge is 0.123 e. The molecule has 1 aromatic rings. The average Bonchev–Trinajstić information content (AvgIpc) is 2.42. The molecule has 0 heterocycles.